The maximum absolute atomic E-state index is 12.2. The Hall–Kier alpha value is -2.76. The van der Waals surface area contributed by atoms with E-state index < -0.39 is 0 Å². The summed E-state index contributed by atoms with van der Waals surface area (Å²) < 4.78 is 1.68. The number of hydrogen-bond donors (Lipinski definition) is 1. The second kappa shape index (κ2) is 6.03. The molecule has 6 heteroatoms. The molecule has 0 spiro atoms. The summed E-state index contributed by atoms with van der Waals surface area (Å²) in [6.07, 6.45) is 0. The Labute approximate surface area is 140 Å². The Morgan fingerprint density at radius 2 is 1.83 bits per heavy atom. The predicted octanol–water partition coefficient (Wildman–Crippen LogP) is 3.01. The zero-order valence-corrected chi connectivity index (χ0v) is 14.6. The van der Waals surface area contributed by atoms with Gasteiger partial charge in [-0.05, 0) is 63.9 Å². The van der Waals surface area contributed by atoms with E-state index in [1.54, 1.807) is 4.68 Å². The van der Waals surface area contributed by atoms with Gasteiger partial charge in [-0.2, -0.15) is 5.10 Å². The third kappa shape index (κ3) is 2.99. The molecule has 0 aliphatic heterocycles. The second-order valence-corrected chi connectivity index (χ2v) is 6.15. The van der Waals surface area contributed by atoms with Gasteiger partial charge in [0.2, 0.25) is 5.91 Å². The fourth-order valence-corrected chi connectivity index (χ4v) is 2.77. The molecule has 24 heavy (non-hydrogen) atoms. The molecule has 3 aromatic rings. The van der Waals surface area contributed by atoms with E-state index in [0.29, 0.717) is 11.5 Å². The smallest absolute Gasteiger partial charge is 0.247 e. The second-order valence-electron chi connectivity index (χ2n) is 6.15. The van der Waals surface area contributed by atoms with Crippen LogP contribution in [0.2, 0.25) is 0 Å². The highest BCUT2D eigenvalue weighted by molar-refractivity contribution is 5.91. The van der Waals surface area contributed by atoms with Gasteiger partial charge in [0.25, 0.3) is 0 Å². The number of aromatic nitrogens is 4. The molecule has 3 rings (SSSR count). The monoisotopic (exact) mass is 323 g/mol. The highest BCUT2D eigenvalue weighted by Gasteiger charge is 2.11. The maximum Gasteiger partial charge on any atom is 0.247 e. The number of carbonyl (C=O) groups excluding carboxylic acids is 1. The summed E-state index contributed by atoms with van der Waals surface area (Å²) in [5, 5.41) is 8.13. The number of amides is 1. The van der Waals surface area contributed by atoms with E-state index in [2.05, 4.69) is 34.2 Å². The fraction of sp³-hybridized carbons (Fsp3) is 0.333. The minimum Gasteiger partial charge on any atom is -0.309 e. The van der Waals surface area contributed by atoms with Gasteiger partial charge in [-0.3, -0.25) is 9.48 Å². The van der Waals surface area contributed by atoms with Crippen molar-refractivity contribution >= 4 is 22.8 Å². The largest absolute Gasteiger partial charge is 0.309 e. The van der Waals surface area contributed by atoms with Gasteiger partial charge < -0.3 is 5.32 Å². The van der Waals surface area contributed by atoms with Crippen LogP contribution in [0.3, 0.4) is 0 Å². The van der Waals surface area contributed by atoms with Gasteiger partial charge in [0.15, 0.2) is 5.65 Å². The van der Waals surface area contributed by atoms with Gasteiger partial charge in [0, 0.05) is 16.8 Å². The Balaban J connectivity index is 1.83. The Morgan fingerprint density at radius 1 is 1.08 bits per heavy atom. The zero-order valence-electron chi connectivity index (χ0n) is 14.6. The molecule has 0 atom stereocenters. The van der Waals surface area contributed by atoms with E-state index in [1.165, 1.54) is 11.1 Å². The number of nitrogens with zero attached hydrogens (tertiary/aromatic N) is 4. The van der Waals surface area contributed by atoms with Gasteiger partial charge in [-0.1, -0.05) is 0 Å². The first-order chi connectivity index (χ1) is 11.3. The van der Waals surface area contributed by atoms with Crippen LogP contribution in [0.4, 0.5) is 5.82 Å². The summed E-state index contributed by atoms with van der Waals surface area (Å²) in [7, 11) is 0. The van der Waals surface area contributed by atoms with E-state index in [1.807, 2.05) is 39.0 Å². The molecule has 0 saturated heterocycles. The van der Waals surface area contributed by atoms with E-state index in [4.69, 9.17) is 0 Å². The van der Waals surface area contributed by atoms with Crippen molar-refractivity contribution in [3.63, 3.8) is 0 Å². The summed E-state index contributed by atoms with van der Waals surface area (Å²) in [4.78, 5) is 21.2. The molecule has 6 nitrogen and oxygen atoms in total. The Kier molecular flexibility index (Phi) is 4.05. The normalized spacial score (nSPS) is 11.0. The molecule has 124 valence electrons. The highest BCUT2D eigenvalue weighted by atomic mass is 16.2. The van der Waals surface area contributed by atoms with Crippen LogP contribution >= 0.6 is 0 Å². The molecule has 0 fully saturated rings. The van der Waals surface area contributed by atoms with Crippen molar-refractivity contribution in [2.75, 3.05) is 5.32 Å². The summed E-state index contributed by atoms with van der Waals surface area (Å²) in [6, 6.07) is 5.71. The number of rotatable bonds is 3. The van der Waals surface area contributed by atoms with Crippen molar-refractivity contribution in [2.45, 2.75) is 41.2 Å². The quantitative estimate of drug-likeness (QED) is 0.804. The molecular formula is C18H21N5O. The SMILES string of the molecule is Cc1cc(C)n(CC(=O)Nc2ccc3c(C)c(C)c(C)nc3n2)n1. The number of aryl methyl sites for hydroxylation is 4. The molecule has 0 unspecified atom stereocenters. The van der Waals surface area contributed by atoms with Crippen molar-refractivity contribution in [2.24, 2.45) is 0 Å². The van der Waals surface area contributed by atoms with Crippen molar-refractivity contribution < 1.29 is 4.79 Å². The number of nitrogens with one attached hydrogen (secondary N) is 1. The lowest BCUT2D eigenvalue weighted by Gasteiger charge is -2.10. The van der Waals surface area contributed by atoms with Crippen LogP contribution in [-0.4, -0.2) is 25.7 Å². The van der Waals surface area contributed by atoms with Crippen LogP contribution in [0.5, 0.6) is 0 Å². The first kappa shape index (κ1) is 16.1. The van der Waals surface area contributed by atoms with E-state index in [-0.39, 0.29) is 12.5 Å². The first-order valence-electron chi connectivity index (χ1n) is 7.90. The minimum atomic E-state index is -0.159. The topological polar surface area (TPSA) is 72.7 Å². The average Bonchev–Trinajstić information content (AvgIpc) is 2.82. The number of fused-ring (bicyclic) bond motifs is 1. The molecule has 0 aliphatic rings. The van der Waals surface area contributed by atoms with Gasteiger partial charge in [0.1, 0.15) is 12.4 Å². The van der Waals surface area contributed by atoms with Gasteiger partial charge in [0.05, 0.1) is 5.69 Å². The van der Waals surface area contributed by atoms with Crippen LogP contribution in [-0.2, 0) is 11.3 Å². The maximum atomic E-state index is 12.2. The van der Waals surface area contributed by atoms with Crippen LogP contribution in [0.1, 0.15) is 28.2 Å². The zero-order chi connectivity index (χ0) is 17.4. The average molecular weight is 323 g/mol. The Bertz CT molecular complexity index is 942. The molecule has 3 heterocycles. The van der Waals surface area contributed by atoms with Crippen LogP contribution in [0.25, 0.3) is 11.0 Å². The minimum absolute atomic E-state index is 0.159. The van der Waals surface area contributed by atoms with Gasteiger partial charge >= 0.3 is 0 Å². The predicted molar refractivity (Wildman–Crippen MR) is 94.1 cm³/mol. The molecule has 1 N–H and O–H groups in total. The van der Waals surface area contributed by atoms with Crippen LogP contribution in [0.15, 0.2) is 18.2 Å². The first-order valence-corrected chi connectivity index (χ1v) is 7.90. The van der Waals surface area contributed by atoms with Crippen molar-refractivity contribution in [1.82, 2.24) is 19.7 Å². The highest BCUT2D eigenvalue weighted by Crippen LogP contribution is 2.22. The summed E-state index contributed by atoms with van der Waals surface area (Å²) in [6.45, 7) is 10.1. The third-order valence-corrected chi connectivity index (χ3v) is 4.32. The molecule has 3 aromatic heterocycles. The standard InChI is InChI=1S/C18H21N5O/c1-10-8-11(2)23(22-10)9-17(24)20-16-7-6-15-13(4)12(3)14(5)19-18(15)21-16/h6-8H,9H2,1-5H3,(H,19,20,21,24). The molecule has 0 aliphatic carbocycles. The molecule has 0 aromatic carbocycles. The van der Waals surface area contributed by atoms with E-state index in [9.17, 15) is 4.79 Å². The van der Waals surface area contributed by atoms with Crippen LogP contribution < -0.4 is 5.32 Å². The summed E-state index contributed by atoms with van der Waals surface area (Å²) in [5.74, 6) is 0.345. The summed E-state index contributed by atoms with van der Waals surface area (Å²) in [5.41, 5.74) is 5.81. The Morgan fingerprint density at radius 3 is 2.50 bits per heavy atom. The van der Waals surface area contributed by atoms with E-state index in [0.717, 1.165) is 22.5 Å². The molecule has 0 bridgehead atoms. The van der Waals surface area contributed by atoms with Crippen molar-refractivity contribution in [3.8, 4) is 0 Å². The van der Waals surface area contributed by atoms with Crippen LogP contribution in [0, 0.1) is 34.6 Å². The number of anilines is 1. The lowest BCUT2D eigenvalue weighted by atomic mass is 10.1. The molecule has 0 radical (unpaired) electrons. The lowest BCUT2D eigenvalue weighted by molar-refractivity contribution is -0.117. The van der Waals surface area contributed by atoms with Crippen molar-refractivity contribution in [3.05, 3.63) is 46.4 Å². The van der Waals surface area contributed by atoms with Gasteiger partial charge in [-0.25, -0.2) is 9.97 Å². The fourth-order valence-electron chi connectivity index (χ4n) is 2.77. The molecular weight excluding hydrogens is 302 g/mol. The number of pyridine rings is 2. The molecule has 1 amide bonds. The number of carbonyl (C=O) groups is 1. The lowest BCUT2D eigenvalue weighted by Crippen LogP contribution is -2.21. The number of hydrogen-bond acceptors (Lipinski definition) is 4. The van der Waals surface area contributed by atoms with Crippen molar-refractivity contribution in [1.29, 1.82) is 0 Å². The van der Waals surface area contributed by atoms with E-state index >= 15 is 0 Å². The summed E-state index contributed by atoms with van der Waals surface area (Å²) >= 11 is 0. The van der Waals surface area contributed by atoms with Gasteiger partial charge in [-0.15, -0.1) is 0 Å². The third-order valence-electron chi connectivity index (χ3n) is 4.32. The molecule has 0 saturated carbocycles.